The molecule has 0 spiro atoms. The molecule has 94 valence electrons. The zero-order chi connectivity index (χ0) is 13.0. The molecule has 18 heavy (non-hydrogen) atoms. The van der Waals surface area contributed by atoms with Crippen molar-refractivity contribution in [2.45, 2.75) is 11.3 Å². The SMILES string of the molecule is Cc1csc(SCC(=O)Nc2ccc(I)cc2)n1. The number of amides is 1. The molecular formula is C12H11IN2OS2. The van der Waals surface area contributed by atoms with Crippen LogP contribution in [0.2, 0.25) is 0 Å². The number of carbonyl (C=O) groups excluding carboxylic acids is 1. The van der Waals surface area contributed by atoms with Gasteiger partial charge < -0.3 is 5.32 Å². The van der Waals surface area contributed by atoms with Crippen LogP contribution in [0.1, 0.15) is 5.69 Å². The highest BCUT2D eigenvalue weighted by molar-refractivity contribution is 14.1. The lowest BCUT2D eigenvalue weighted by atomic mass is 10.3. The fourth-order valence-corrected chi connectivity index (χ4v) is 3.27. The molecule has 0 radical (unpaired) electrons. The predicted octanol–water partition coefficient (Wildman–Crippen LogP) is 3.79. The minimum absolute atomic E-state index is 0.00550. The van der Waals surface area contributed by atoms with Crippen LogP contribution >= 0.6 is 45.7 Å². The molecule has 0 aliphatic rings. The Morgan fingerprint density at radius 1 is 1.44 bits per heavy atom. The summed E-state index contributed by atoms with van der Waals surface area (Å²) < 4.78 is 2.09. The number of thiazole rings is 1. The van der Waals surface area contributed by atoms with Gasteiger partial charge in [-0.2, -0.15) is 0 Å². The molecule has 1 N–H and O–H groups in total. The van der Waals surface area contributed by atoms with E-state index >= 15 is 0 Å². The average molecular weight is 390 g/mol. The number of nitrogens with one attached hydrogen (secondary N) is 1. The fourth-order valence-electron chi connectivity index (χ4n) is 1.26. The third-order valence-electron chi connectivity index (χ3n) is 2.05. The van der Waals surface area contributed by atoms with Gasteiger partial charge in [-0.25, -0.2) is 4.98 Å². The van der Waals surface area contributed by atoms with Crippen LogP contribution in [0.3, 0.4) is 0 Å². The quantitative estimate of drug-likeness (QED) is 0.638. The second-order valence-electron chi connectivity index (χ2n) is 3.60. The van der Waals surface area contributed by atoms with E-state index in [0.29, 0.717) is 5.75 Å². The van der Waals surface area contributed by atoms with Gasteiger partial charge in [-0.1, -0.05) is 11.8 Å². The molecule has 0 fully saturated rings. The second-order valence-corrected chi connectivity index (χ2v) is 6.92. The first-order valence-corrected chi connectivity index (χ1v) is 8.18. The number of hydrogen-bond acceptors (Lipinski definition) is 4. The monoisotopic (exact) mass is 390 g/mol. The Labute approximate surface area is 128 Å². The molecule has 2 aromatic rings. The minimum atomic E-state index is -0.00550. The molecule has 0 bridgehead atoms. The van der Waals surface area contributed by atoms with Gasteiger partial charge in [0, 0.05) is 20.3 Å². The van der Waals surface area contributed by atoms with Crippen molar-refractivity contribution < 1.29 is 4.79 Å². The van der Waals surface area contributed by atoms with E-state index in [0.717, 1.165) is 19.3 Å². The van der Waals surface area contributed by atoms with Crippen LogP contribution in [-0.2, 0) is 4.79 Å². The fraction of sp³-hybridized carbons (Fsp3) is 0.167. The number of anilines is 1. The van der Waals surface area contributed by atoms with E-state index in [1.165, 1.54) is 11.8 Å². The minimum Gasteiger partial charge on any atom is -0.325 e. The first-order chi connectivity index (χ1) is 8.63. The third kappa shape index (κ3) is 4.25. The summed E-state index contributed by atoms with van der Waals surface area (Å²) in [7, 11) is 0. The standard InChI is InChI=1S/C12H11IN2OS2/c1-8-6-17-12(14-8)18-7-11(16)15-10-4-2-9(13)3-5-10/h2-6H,7H2,1H3,(H,15,16). The maximum Gasteiger partial charge on any atom is 0.234 e. The smallest absolute Gasteiger partial charge is 0.234 e. The lowest BCUT2D eigenvalue weighted by molar-refractivity contribution is -0.113. The lowest BCUT2D eigenvalue weighted by Crippen LogP contribution is -2.13. The van der Waals surface area contributed by atoms with Gasteiger partial charge in [0.2, 0.25) is 5.91 Å². The van der Waals surface area contributed by atoms with Crippen LogP contribution < -0.4 is 5.32 Å². The highest BCUT2D eigenvalue weighted by Crippen LogP contribution is 2.22. The predicted molar refractivity (Wildman–Crippen MR) is 85.4 cm³/mol. The Morgan fingerprint density at radius 3 is 2.78 bits per heavy atom. The number of benzene rings is 1. The summed E-state index contributed by atoms with van der Waals surface area (Å²) in [6, 6.07) is 7.73. The lowest BCUT2D eigenvalue weighted by Gasteiger charge is -2.04. The summed E-state index contributed by atoms with van der Waals surface area (Å²) in [6.07, 6.45) is 0. The summed E-state index contributed by atoms with van der Waals surface area (Å²) >= 11 is 5.27. The van der Waals surface area contributed by atoms with Crippen molar-refractivity contribution in [2.24, 2.45) is 0 Å². The van der Waals surface area contributed by atoms with Crippen molar-refractivity contribution in [2.75, 3.05) is 11.1 Å². The Balaban J connectivity index is 1.83. The van der Waals surface area contributed by atoms with Gasteiger partial charge in [0.15, 0.2) is 4.34 Å². The molecule has 0 saturated carbocycles. The van der Waals surface area contributed by atoms with Crippen LogP contribution in [-0.4, -0.2) is 16.6 Å². The van der Waals surface area contributed by atoms with E-state index in [4.69, 9.17) is 0 Å². The largest absolute Gasteiger partial charge is 0.325 e. The van der Waals surface area contributed by atoms with Crippen molar-refractivity contribution in [3.05, 3.63) is 38.9 Å². The maximum absolute atomic E-state index is 11.7. The van der Waals surface area contributed by atoms with Crippen molar-refractivity contribution in [3.8, 4) is 0 Å². The summed E-state index contributed by atoms with van der Waals surface area (Å²) in [6.45, 7) is 1.95. The average Bonchev–Trinajstić information content (AvgIpc) is 2.76. The molecule has 0 aliphatic heterocycles. The normalized spacial score (nSPS) is 10.3. The van der Waals surface area contributed by atoms with Gasteiger partial charge in [0.25, 0.3) is 0 Å². The number of carbonyl (C=O) groups is 1. The van der Waals surface area contributed by atoms with Gasteiger partial charge >= 0.3 is 0 Å². The maximum atomic E-state index is 11.7. The number of hydrogen-bond donors (Lipinski definition) is 1. The molecule has 2 rings (SSSR count). The highest BCUT2D eigenvalue weighted by Gasteiger charge is 2.05. The van der Waals surface area contributed by atoms with Crippen LogP contribution in [0.25, 0.3) is 0 Å². The zero-order valence-electron chi connectivity index (χ0n) is 9.64. The molecule has 0 atom stereocenters. The van der Waals surface area contributed by atoms with E-state index in [1.807, 2.05) is 36.6 Å². The van der Waals surface area contributed by atoms with Crippen LogP contribution in [0.4, 0.5) is 5.69 Å². The van der Waals surface area contributed by atoms with E-state index in [-0.39, 0.29) is 5.91 Å². The molecular weight excluding hydrogens is 379 g/mol. The summed E-state index contributed by atoms with van der Waals surface area (Å²) in [5.41, 5.74) is 1.83. The highest BCUT2D eigenvalue weighted by atomic mass is 127. The Bertz CT molecular complexity index is 539. The Kier molecular flexibility index (Phi) is 5.02. The molecule has 0 aliphatic carbocycles. The molecule has 3 nitrogen and oxygen atoms in total. The molecule has 6 heteroatoms. The molecule has 1 heterocycles. The van der Waals surface area contributed by atoms with E-state index in [1.54, 1.807) is 11.3 Å². The Hall–Kier alpha value is -0.600. The van der Waals surface area contributed by atoms with Crippen LogP contribution in [0.15, 0.2) is 34.0 Å². The molecule has 0 unspecified atom stereocenters. The van der Waals surface area contributed by atoms with Crippen molar-refractivity contribution >= 4 is 57.3 Å². The van der Waals surface area contributed by atoms with Gasteiger partial charge in [-0.15, -0.1) is 11.3 Å². The van der Waals surface area contributed by atoms with Crippen molar-refractivity contribution in [3.63, 3.8) is 0 Å². The van der Waals surface area contributed by atoms with Crippen LogP contribution in [0, 0.1) is 10.5 Å². The van der Waals surface area contributed by atoms with E-state index in [2.05, 4.69) is 32.9 Å². The van der Waals surface area contributed by atoms with Crippen molar-refractivity contribution in [1.29, 1.82) is 0 Å². The number of thioether (sulfide) groups is 1. The second kappa shape index (κ2) is 6.53. The number of aromatic nitrogens is 1. The number of halogens is 1. The zero-order valence-corrected chi connectivity index (χ0v) is 13.4. The first-order valence-electron chi connectivity index (χ1n) is 5.24. The summed E-state index contributed by atoms with van der Waals surface area (Å²) in [4.78, 5) is 16.0. The summed E-state index contributed by atoms with van der Waals surface area (Å²) in [5.74, 6) is 0.382. The van der Waals surface area contributed by atoms with Gasteiger partial charge in [0.05, 0.1) is 5.75 Å². The van der Waals surface area contributed by atoms with Gasteiger partial charge in [-0.3, -0.25) is 4.79 Å². The molecule has 0 saturated heterocycles. The van der Waals surface area contributed by atoms with E-state index in [9.17, 15) is 4.79 Å². The topological polar surface area (TPSA) is 42.0 Å². The number of rotatable bonds is 4. The van der Waals surface area contributed by atoms with Gasteiger partial charge in [0.1, 0.15) is 0 Å². The summed E-state index contributed by atoms with van der Waals surface area (Å²) in [5, 5.41) is 4.85. The number of nitrogens with zero attached hydrogens (tertiary/aromatic N) is 1. The number of aryl methyl sites for hydroxylation is 1. The Morgan fingerprint density at radius 2 is 2.17 bits per heavy atom. The molecule has 1 aromatic heterocycles. The first kappa shape index (κ1) is 13.8. The van der Waals surface area contributed by atoms with Crippen LogP contribution in [0.5, 0.6) is 0 Å². The molecule has 1 aromatic carbocycles. The molecule has 1 amide bonds. The van der Waals surface area contributed by atoms with Crippen molar-refractivity contribution in [1.82, 2.24) is 4.98 Å². The van der Waals surface area contributed by atoms with Gasteiger partial charge in [-0.05, 0) is 53.8 Å². The third-order valence-corrected chi connectivity index (χ3v) is 4.91. The van der Waals surface area contributed by atoms with E-state index < -0.39 is 0 Å².